The molecule has 0 heterocycles. The Morgan fingerprint density at radius 1 is 1.33 bits per heavy atom. The molecule has 2 N–H and O–H groups in total. The summed E-state index contributed by atoms with van der Waals surface area (Å²) in [7, 11) is 1.67. The van der Waals surface area contributed by atoms with E-state index in [1.807, 2.05) is 25.1 Å². The molecule has 4 nitrogen and oxygen atoms in total. The summed E-state index contributed by atoms with van der Waals surface area (Å²) >= 11 is 3.42. The minimum atomic E-state index is -0.0395. The van der Waals surface area contributed by atoms with Crippen molar-refractivity contribution in [3.05, 3.63) is 33.8 Å². The SMILES string of the molecule is COCCNCCNC(=O)c1cccc(Br)c1C. The molecule has 0 unspecified atom stereocenters. The summed E-state index contributed by atoms with van der Waals surface area (Å²) in [6, 6.07) is 5.62. The van der Waals surface area contributed by atoms with Gasteiger partial charge in [-0.15, -0.1) is 0 Å². The Kier molecular flexibility index (Phi) is 6.93. The van der Waals surface area contributed by atoms with Gasteiger partial charge in [0.1, 0.15) is 0 Å². The minimum absolute atomic E-state index is 0.0395. The van der Waals surface area contributed by atoms with Gasteiger partial charge in [0.15, 0.2) is 0 Å². The number of benzene rings is 1. The number of halogens is 1. The Labute approximate surface area is 116 Å². The zero-order chi connectivity index (χ0) is 13.4. The van der Waals surface area contributed by atoms with E-state index in [2.05, 4.69) is 26.6 Å². The molecule has 0 fully saturated rings. The molecule has 5 heteroatoms. The molecule has 18 heavy (non-hydrogen) atoms. The monoisotopic (exact) mass is 314 g/mol. The molecule has 100 valence electrons. The van der Waals surface area contributed by atoms with Crippen LogP contribution < -0.4 is 10.6 Å². The van der Waals surface area contributed by atoms with E-state index in [-0.39, 0.29) is 5.91 Å². The first-order valence-electron chi connectivity index (χ1n) is 5.89. The van der Waals surface area contributed by atoms with Crippen molar-refractivity contribution in [3.63, 3.8) is 0 Å². The summed E-state index contributed by atoms with van der Waals surface area (Å²) < 4.78 is 5.86. The molecule has 0 radical (unpaired) electrons. The maximum atomic E-state index is 11.9. The zero-order valence-electron chi connectivity index (χ0n) is 10.8. The molecule has 0 saturated carbocycles. The van der Waals surface area contributed by atoms with Crippen molar-refractivity contribution in [2.24, 2.45) is 0 Å². The van der Waals surface area contributed by atoms with Crippen LogP contribution in [0.15, 0.2) is 22.7 Å². The topological polar surface area (TPSA) is 50.4 Å². The average Bonchev–Trinajstić information content (AvgIpc) is 2.36. The standard InChI is InChI=1S/C13H19BrN2O2/c1-10-11(4-3-5-12(10)14)13(17)16-7-6-15-8-9-18-2/h3-5,15H,6-9H2,1-2H3,(H,16,17). The van der Waals surface area contributed by atoms with Crippen molar-refractivity contribution in [2.75, 3.05) is 33.4 Å². The summed E-state index contributed by atoms with van der Waals surface area (Å²) in [6.45, 7) is 4.74. The van der Waals surface area contributed by atoms with E-state index in [0.29, 0.717) is 18.7 Å². The van der Waals surface area contributed by atoms with E-state index in [0.717, 1.165) is 23.1 Å². The Hall–Kier alpha value is -0.910. The quantitative estimate of drug-likeness (QED) is 0.754. The van der Waals surface area contributed by atoms with E-state index >= 15 is 0 Å². The highest BCUT2D eigenvalue weighted by molar-refractivity contribution is 9.10. The number of rotatable bonds is 7. The molecule has 0 saturated heterocycles. The summed E-state index contributed by atoms with van der Waals surface area (Å²) in [5.74, 6) is -0.0395. The fourth-order valence-corrected chi connectivity index (χ4v) is 1.88. The summed E-state index contributed by atoms with van der Waals surface area (Å²) in [5, 5.41) is 6.05. The lowest BCUT2D eigenvalue weighted by Crippen LogP contribution is -2.33. The van der Waals surface area contributed by atoms with Crippen LogP contribution >= 0.6 is 15.9 Å². The van der Waals surface area contributed by atoms with Crippen LogP contribution in [0.2, 0.25) is 0 Å². The highest BCUT2D eigenvalue weighted by atomic mass is 79.9. The van der Waals surface area contributed by atoms with E-state index in [9.17, 15) is 4.79 Å². The Morgan fingerprint density at radius 3 is 2.83 bits per heavy atom. The normalized spacial score (nSPS) is 10.4. The third-order valence-corrected chi connectivity index (χ3v) is 3.44. The fraction of sp³-hybridized carbons (Fsp3) is 0.462. The molecule has 1 aromatic rings. The molecule has 0 bridgehead atoms. The lowest BCUT2D eigenvalue weighted by Gasteiger charge is -2.09. The number of methoxy groups -OCH3 is 1. The lowest BCUT2D eigenvalue weighted by molar-refractivity contribution is 0.0953. The lowest BCUT2D eigenvalue weighted by atomic mass is 10.1. The summed E-state index contributed by atoms with van der Waals surface area (Å²) in [4.78, 5) is 11.9. The van der Waals surface area contributed by atoms with Crippen LogP contribution in [0.3, 0.4) is 0 Å². The van der Waals surface area contributed by atoms with Crippen LogP contribution in [0, 0.1) is 6.92 Å². The predicted molar refractivity (Wildman–Crippen MR) is 76.0 cm³/mol. The largest absolute Gasteiger partial charge is 0.383 e. The number of carbonyl (C=O) groups excluding carboxylic acids is 1. The Bertz CT molecular complexity index is 397. The van der Waals surface area contributed by atoms with Crippen LogP contribution in [0.5, 0.6) is 0 Å². The molecule has 0 aliphatic carbocycles. The number of nitrogens with one attached hydrogen (secondary N) is 2. The molecule has 1 rings (SSSR count). The summed E-state index contributed by atoms with van der Waals surface area (Å²) in [5.41, 5.74) is 1.67. The Balaban J connectivity index is 2.35. The van der Waals surface area contributed by atoms with Gasteiger partial charge >= 0.3 is 0 Å². The maximum Gasteiger partial charge on any atom is 0.251 e. The van der Waals surface area contributed by atoms with Crippen molar-refractivity contribution >= 4 is 21.8 Å². The van der Waals surface area contributed by atoms with Gasteiger partial charge in [0.2, 0.25) is 0 Å². The van der Waals surface area contributed by atoms with E-state index in [1.165, 1.54) is 0 Å². The van der Waals surface area contributed by atoms with Gasteiger partial charge in [-0.05, 0) is 24.6 Å². The maximum absolute atomic E-state index is 11.9. The van der Waals surface area contributed by atoms with Crippen LogP contribution in [0.1, 0.15) is 15.9 Å². The van der Waals surface area contributed by atoms with Gasteiger partial charge in [0, 0.05) is 36.8 Å². The predicted octanol–water partition coefficient (Wildman–Crippen LogP) is 1.72. The third kappa shape index (κ3) is 4.76. The zero-order valence-corrected chi connectivity index (χ0v) is 12.3. The van der Waals surface area contributed by atoms with E-state index in [1.54, 1.807) is 7.11 Å². The Morgan fingerprint density at radius 2 is 2.11 bits per heavy atom. The molecular weight excluding hydrogens is 296 g/mol. The van der Waals surface area contributed by atoms with Gasteiger partial charge < -0.3 is 15.4 Å². The number of amides is 1. The molecule has 1 aromatic carbocycles. The molecule has 0 aliphatic heterocycles. The van der Waals surface area contributed by atoms with Gasteiger partial charge in [-0.3, -0.25) is 4.79 Å². The second kappa shape index (κ2) is 8.24. The molecule has 1 amide bonds. The number of hydrogen-bond donors (Lipinski definition) is 2. The van der Waals surface area contributed by atoms with E-state index < -0.39 is 0 Å². The van der Waals surface area contributed by atoms with Gasteiger partial charge in [-0.1, -0.05) is 22.0 Å². The average molecular weight is 315 g/mol. The van der Waals surface area contributed by atoms with Crippen molar-refractivity contribution < 1.29 is 9.53 Å². The number of ether oxygens (including phenoxy) is 1. The van der Waals surface area contributed by atoms with Gasteiger partial charge in [0.25, 0.3) is 5.91 Å². The minimum Gasteiger partial charge on any atom is -0.383 e. The number of carbonyl (C=O) groups is 1. The van der Waals surface area contributed by atoms with Gasteiger partial charge in [-0.25, -0.2) is 0 Å². The van der Waals surface area contributed by atoms with Crippen LogP contribution in [0.25, 0.3) is 0 Å². The van der Waals surface area contributed by atoms with Crippen LogP contribution in [-0.2, 0) is 4.74 Å². The van der Waals surface area contributed by atoms with Crippen molar-refractivity contribution in [1.82, 2.24) is 10.6 Å². The molecule has 0 aliphatic rings. The fourth-order valence-electron chi connectivity index (χ4n) is 1.51. The van der Waals surface area contributed by atoms with E-state index in [4.69, 9.17) is 4.74 Å². The van der Waals surface area contributed by atoms with Crippen molar-refractivity contribution in [1.29, 1.82) is 0 Å². The van der Waals surface area contributed by atoms with Crippen LogP contribution in [0.4, 0.5) is 0 Å². The second-order valence-corrected chi connectivity index (χ2v) is 4.77. The van der Waals surface area contributed by atoms with Crippen LogP contribution in [-0.4, -0.2) is 39.3 Å². The smallest absolute Gasteiger partial charge is 0.251 e. The van der Waals surface area contributed by atoms with Gasteiger partial charge in [-0.2, -0.15) is 0 Å². The summed E-state index contributed by atoms with van der Waals surface area (Å²) in [6.07, 6.45) is 0. The first-order chi connectivity index (χ1) is 8.66. The first-order valence-corrected chi connectivity index (χ1v) is 6.69. The van der Waals surface area contributed by atoms with Crippen molar-refractivity contribution in [2.45, 2.75) is 6.92 Å². The third-order valence-electron chi connectivity index (χ3n) is 2.58. The molecule has 0 spiro atoms. The van der Waals surface area contributed by atoms with Crippen molar-refractivity contribution in [3.8, 4) is 0 Å². The molecule has 0 aromatic heterocycles. The highest BCUT2D eigenvalue weighted by Gasteiger charge is 2.09. The molecular formula is C13H19BrN2O2. The number of hydrogen-bond acceptors (Lipinski definition) is 3. The second-order valence-electron chi connectivity index (χ2n) is 3.91. The van der Waals surface area contributed by atoms with Gasteiger partial charge in [0.05, 0.1) is 6.61 Å². The molecule has 0 atom stereocenters. The first kappa shape index (κ1) is 15.1. The highest BCUT2D eigenvalue weighted by Crippen LogP contribution is 2.19.